The lowest BCUT2D eigenvalue weighted by Crippen LogP contribution is -2.49. The van der Waals surface area contributed by atoms with Crippen molar-refractivity contribution in [3.8, 4) is 0 Å². The zero-order valence-corrected chi connectivity index (χ0v) is 15.9. The monoisotopic (exact) mass is 396 g/mol. The first-order valence-corrected chi connectivity index (χ1v) is 6.88. The average Bonchev–Trinajstić information content (AvgIpc) is 2.94. The van der Waals surface area contributed by atoms with E-state index in [1.807, 2.05) is 32.7 Å². The number of nitrogens with zero attached hydrogens (tertiary/aromatic N) is 2. The summed E-state index contributed by atoms with van der Waals surface area (Å²) in [5.74, 6) is 0.785. The van der Waals surface area contributed by atoms with Crippen molar-refractivity contribution in [1.29, 1.82) is 0 Å². The number of likely N-dealkylation sites (N-methyl/N-ethyl adjacent to an activating group) is 1. The Bertz CT molecular complexity index is 359. The zero-order valence-electron chi connectivity index (χ0n) is 13.5. The quantitative estimate of drug-likeness (QED) is 0.433. The van der Waals surface area contributed by atoms with Gasteiger partial charge in [0.2, 0.25) is 5.91 Å². The predicted molar refractivity (Wildman–Crippen MR) is 94.6 cm³/mol. The summed E-state index contributed by atoms with van der Waals surface area (Å²) in [6, 6.07) is 0. The van der Waals surface area contributed by atoms with Gasteiger partial charge in [0.25, 0.3) is 0 Å². The van der Waals surface area contributed by atoms with Crippen LogP contribution in [0.4, 0.5) is 0 Å². The third kappa shape index (κ3) is 7.31. The first-order valence-electron chi connectivity index (χ1n) is 6.88. The minimum Gasteiger partial charge on any atom is -0.356 e. The molecule has 5 nitrogen and oxygen atoms in total. The Morgan fingerprint density at radius 1 is 1.35 bits per heavy atom. The highest BCUT2D eigenvalue weighted by Gasteiger charge is 2.37. The molecular formula is C14H29IN4O. The second kappa shape index (κ2) is 7.47. The maximum Gasteiger partial charge on any atom is 0.240 e. The Morgan fingerprint density at radius 2 is 1.90 bits per heavy atom. The third-order valence-electron chi connectivity index (χ3n) is 3.25. The summed E-state index contributed by atoms with van der Waals surface area (Å²) in [4.78, 5) is 17.9. The van der Waals surface area contributed by atoms with Crippen LogP contribution in [0.2, 0.25) is 0 Å². The van der Waals surface area contributed by atoms with E-state index in [4.69, 9.17) is 0 Å². The van der Waals surface area contributed by atoms with Crippen LogP contribution in [0.1, 0.15) is 40.5 Å². The normalized spacial score (nSPS) is 17.0. The number of hydrogen-bond acceptors (Lipinski definition) is 2. The van der Waals surface area contributed by atoms with Crippen LogP contribution < -0.4 is 10.6 Å². The Morgan fingerprint density at radius 3 is 2.30 bits per heavy atom. The SMILES string of the molecule is CN=C(NCC1(C)CC1)N(C)CC(=O)NC(C)(C)C.I. The molecule has 118 valence electrons. The van der Waals surface area contributed by atoms with Gasteiger partial charge in [0.15, 0.2) is 5.96 Å². The van der Waals surface area contributed by atoms with Crippen molar-refractivity contribution in [1.82, 2.24) is 15.5 Å². The van der Waals surface area contributed by atoms with Crippen molar-refractivity contribution < 1.29 is 4.79 Å². The highest BCUT2D eigenvalue weighted by Crippen LogP contribution is 2.44. The van der Waals surface area contributed by atoms with E-state index in [-0.39, 0.29) is 35.4 Å². The zero-order chi connectivity index (χ0) is 14.7. The van der Waals surface area contributed by atoms with Gasteiger partial charge in [-0.2, -0.15) is 0 Å². The van der Waals surface area contributed by atoms with Gasteiger partial charge < -0.3 is 15.5 Å². The van der Waals surface area contributed by atoms with Crippen molar-refractivity contribution in [3.05, 3.63) is 0 Å². The van der Waals surface area contributed by atoms with Crippen molar-refractivity contribution in [2.75, 3.05) is 27.2 Å². The summed E-state index contributed by atoms with van der Waals surface area (Å²) >= 11 is 0. The van der Waals surface area contributed by atoms with Crippen LogP contribution in [0.3, 0.4) is 0 Å². The van der Waals surface area contributed by atoms with E-state index in [0.29, 0.717) is 12.0 Å². The summed E-state index contributed by atoms with van der Waals surface area (Å²) in [5.41, 5.74) is 0.223. The lowest BCUT2D eigenvalue weighted by molar-refractivity contribution is -0.122. The maximum absolute atomic E-state index is 11.9. The highest BCUT2D eigenvalue weighted by atomic mass is 127. The first kappa shape index (κ1) is 19.5. The van der Waals surface area contributed by atoms with Crippen LogP contribution in [0.15, 0.2) is 4.99 Å². The second-order valence-corrected chi connectivity index (χ2v) is 6.87. The minimum absolute atomic E-state index is 0. The topological polar surface area (TPSA) is 56.7 Å². The van der Waals surface area contributed by atoms with Gasteiger partial charge in [-0.1, -0.05) is 6.92 Å². The molecule has 0 aromatic rings. The van der Waals surface area contributed by atoms with Crippen LogP contribution in [-0.2, 0) is 4.79 Å². The van der Waals surface area contributed by atoms with Crippen LogP contribution in [0, 0.1) is 5.41 Å². The summed E-state index contributed by atoms with van der Waals surface area (Å²) in [6.07, 6.45) is 2.54. The molecule has 0 heterocycles. The molecule has 1 aliphatic carbocycles. The molecule has 6 heteroatoms. The van der Waals surface area contributed by atoms with Crippen molar-refractivity contribution in [2.45, 2.75) is 46.1 Å². The lowest BCUT2D eigenvalue weighted by Gasteiger charge is -2.26. The molecule has 2 N–H and O–H groups in total. The van der Waals surface area contributed by atoms with Gasteiger partial charge in [-0.15, -0.1) is 24.0 Å². The lowest BCUT2D eigenvalue weighted by atomic mass is 10.1. The molecular weight excluding hydrogens is 367 g/mol. The number of nitrogens with one attached hydrogen (secondary N) is 2. The molecule has 1 amide bonds. The number of aliphatic imine (C=N–C) groups is 1. The van der Waals surface area contributed by atoms with Crippen LogP contribution >= 0.6 is 24.0 Å². The van der Waals surface area contributed by atoms with Crippen molar-refractivity contribution in [3.63, 3.8) is 0 Å². The Labute approximate surface area is 140 Å². The number of carbonyl (C=O) groups is 1. The third-order valence-corrected chi connectivity index (χ3v) is 3.25. The number of halogens is 1. The molecule has 0 radical (unpaired) electrons. The molecule has 1 fully saturated rings. The van der Waals surface area contributed by atoms with E-state index in [2.05, 4.69) is 22.5 Å². The van der Waals surface area contributed by atoms with Crippen molar-refractivity contribution in [2.24, 2.45) is 10.4 Å². The number of rotatable bonds is 4. The molecule has 1 aliphatic rings. The molecule has 20 heavy (non-hydrogen) atoms. The molecule has 0 bridgehead atoms. The molecule has 0 aromatic carbocycles. The highest BCUT2D eigenvalue weighted by molar-refractivity contribution is 14.0. The van der Waals surface area contributed by atoms with Gasteiger partial charge in [0.05, 0.1) is 6.54 Å². The molecule has 0 unspecified atom stereocenters. The van der Waals surface area contributed by atoms with E-state index in [1.54, 1.807) is 7.05 Å². The smallest absolute Gasteiger partial charge is 0.240 e. The molecule has 0 atom stereocenters. The molecule has 0 spiro atoms. The number of carbonyl (C=O) groups excluding carboxylic acids is 1. The number of hydrogen-bond donors (Lipinski definition) is 2. The minimum atomic E-state index is -0.198. The standard InChI is InChI=1S/C14H28N4O.HI/c1-13(2,3)17-11(19)9-18(6)12(15-5)16-10-14(4)7-8-14;/h7-10H2,1-6H3,(H,15,16)(H,17,19);1H. The molecule has 1 rings (SSSR count). The van der Waals surface area contributed by atoms with Crippen LogP contribution in [0.25, 0.3) is 0 Å². The Kier molecular flexibility index (Phi) is 7.27. The largest absolute Gasteiger partial charge is 0.356 e. The van der Waals surface area contributed by atoms with E-state index in [9.17, 15) is 4.79 Å². The summed E-state index contributed by atoms with van der Waals surface area (Å²) in [6.45, 7) is 9.43. The van der Waals surface area contributed by atoms with Gasteiger partial charge >= 0.3 is 0 Å². The number of amides is 1. The van der Waals surface area contributed by atoms with E-state index >= 15 is 0 Å². The summed E-state index contributed by atoms with van der Waals surface area (Å²) in [7, 11) is 3.63. The summed E-state index contributed by atoms with van der Waals surface area (Å²) in [5, 5.41) is 6.29. The Hall–Kier alpha value is -0.530. The number of guanidine groups is 1. The fourth-order valence-corrected chi connectivity index (χ4v) is 1.82. The molecule has 0 saturated heterocycles. The fraction of sp³-hybridized carbons (Fsp3) is 0.857. The van der Waals surface area contributed by atoms with E-state index < -0.39 is 0 Å². The van der Waals surface area contributed by atoms with Crippen molar-refractivity contribution >= 4 is 35.8 Å². The summed E-state index contributed by atoms with van der Waals surface area (Å²) < 4.78 is 0. The average molecular weight is 396 g/mol. The molecule has 1 saturated carbocycles. The van der Waals surface area contributed by atoms with E-state index in [1.165, 1.54) is 12.8 Å². The molecule has 0 aliphatic heterocycles. The molecule has 0 aromatic heterocycles. The predicted octanol–water partition coefficient (Wildman–Crippen LogP) is 1.83. The Balaban J connectivity index is 0.00000361. The van der Waals surface area contributed by atoms with E-state index in [0.717, 1.165) is 12.5 Å². The maximum atomic E-state index is 11.9. The second-order valence-electron chi connectivity index (χ2n) is 6.87. The van der Waals surface area contributed by atoms with Gasteiger partial charge in [0, 0.05) is 26.2 Å². The van der Waals surface area contributed by atoms with Gasteiger partial charge in [0.1, 0.15) is 0 Å². The first-order chi connectivity index (χ1) is 8.65. The van der Waals surface area contributed by atoms with Gasteiger partial charge in [-0.05, 0) is 39.0 Å². The van der Waals surface area contributed by atoms with Gasteiger partial charge in [-0.3, -0.25) is 9.79 Å². The fourth-order valence-electron chi connectivity index (χ4n) is 1.82. The van der Waals surface area contributed by atoms with Gasteiger partial charge in [-0.25, -0.2) is 0 Å². The van der Waals surface area contributed by atoms with Crippen LogP contribution in [0.5, 0.6) is 0 Å². The van der Waals surface area contributed by atoms with Crippen LogP contribution in [-0.4, -0.2) is 49.5 Å².